The molecule has 0 N–H and O–H groups in total. The van der Waals surface area contributed by atoms with Crippen molar-refractivity contribution >= 4 is 15.7 Å². The van der Waals surface area contributed by atoms with Gasteiger partial charge in [-0.3, -0.25) is 9.21 Å². The first-order chi connectivity index (χ1) is 11.0. The van der Waals surface area contributed by atoms with Gasteiger partial charge in [-0.15, -0.1) is 0 Å². The van der Waals surface area contributed by atoms with Gasteiger partial charge in [0.15, 0.2) is 0 Å². The minimum atomic E-state index is -3.24. The third kappa shape index (κ3) is 2.89. The predicted molar refractivity (Wildman–Crippen MR) is 93.2 cm³/mol. The van der Waals surface area contributed by atoms with E-state index in [0.29, 0.717) is 6.54 Å². The van der Waals surface area contributed by atoms with Crippen molar-refractivity contribution in [3.63, 3.8) is 0 Å². The molecule has 1 saturated heterocycles. The zero-order valence-corrected chi connectivity index (χ0v) is 14.7. The fraction of sp³-hybridized carbons (Fsp3) is 0.667. The molecule has 0 bridgehead atoms. The third-order valence-electron chi connectivity index (χ3n) is 5.78. The van der Waals surface area contributed by atoms with Crippen LogP contribution in [0, 0.1) is 5.92 Å². The standard InChI is InChI=1S/C18H26N2O2S/c1-23(21,22)20-14-18(12-16-6-2-3-7-17(16)20)10-4-5-11-19(18)13-15-8-9-15/h2-3,6-7,15H,4-5,8-14H2,1H3. The van der Waals surface area contributed by atoms with Crippen LogP contribution in [-0.4, -0.2) is 44.7 Å². The maximum Gasteiger partial charge on any atom is 0.232 e. The van der Waals surface area contributed by atoms with Crippen molar-refractivity contribution < 1.29 is 8.42 Å². The van der Waals surface area contributed by atoms with Gasteiger partial charge in [-0.25, -0.2) is 8.42 Å². The summed E-state index contributed by atoms with van der Waals surface area (Å²) < 4.78 is 26.5. The zero-order chi connectivity index (χ0) is 16.1. The molecule has 0 aromatic heterocycles. The average Bonchev–Trinajstić information content (AvgIpc) is 3.32. The topological polar surface area (TPSA) is 40.6 Å². The number of nitrogens with zero attached hydrogens (tertiary/aromatic N) is 2. The summed E-state index contributed by atoms with van der Waals surface area (Å²) in [7, 11) is -3.24. The van der Waals surface area contributed by atoms with Crippen LogP contribution in [0.3, 0.4) is 0 Å². The lowest BCUT2D eigenvalue weighted by atomic mass is 9.78. The van der Waals surface area contributed by atoms with E-state index in [0.717, 1.165) is 37.5 Å². The highest BCUT2D eigenvalue weighted by molar-refractivity contribution is 7.92. The van der Waals surface area contributed by atoms with E-state index in [1.807, 2.05) is 18.2 Å². The van der Waals surface area contributed by atoms with Gasteiger partial charge in [0.25, 0.3) is 0 Å². The summed E-state index contributed by atoms with van der Waals surface area (Å²) >= 11 is 0. The number of sulfonamides is 1. The second-order valence-electron chi connectivity index (χ2n) is 7.65. The Kier molecular flexibility index (Phi) is 3.69. The second-order valence-corrected chi connectivity index (χ2v) is 9.55. The van der Waals surface area contributed by atoms with E-state index in [1.54, 1.807) is 4.31 Å². The lowest BCUT2D eigenvalue weighted by molar-refractivity contribution is 0.0464. The van der Waals surface area contributed by atoms with Gasteiger partial charge in [-0.1, -0.05) is 24.6 Å². The molecule has 4 nitrogen and oxygen atoms in total. The minimum absolute atomic E-state index is 0.00171. The molecule has 2 aliphatic heterocycles. The average molecular weight is 334 g/mol. The molecule has 2 fully saturated rings. The summed E-state index contributed by atoms with van der Waals surface area (Å²) in [5.74, 6) is 0.842. The second kappa shape index (κ2) is 5.49. The maximum atomic E-state index is 12.4. The summed E-state index contributed by atoms with van der Waals surface area (Å²) in [6, 6.07) is 8.04. The molecule has 0 radical (unpaired) electrons. The number of anilines is 1. The van der Waals surface area contributed by atoms with E-state index < -0.39 is 10.0 Å². The van der Waals surface area contributed by atoms with E-state index in [4.69, 9.17) is 0 Å². The maximum absolute atomic E-state index is 12.4. The Labute approximate surface area is 139 Å². The molecule has 1 saturated carbocycles. The van der Waals surface area contributed by atoms with Crippen LogP contribution >= 0.6 is 0 Å². The number of rotatable bonds is 3. The molecule has 1 aliphatic carbocycles. The molecule has 126 valence electrons. The van der Waals surface area contributed by atoms with Gasteiger partial charge < -0.3 is 0 Å². The van der Waals surface area contributed by atoms with Crippen molar-refractivity contribution in [2.45, 2.75) is 44.1 Å². The monoisotopic (exact) mass is 334 g/mol. The summed E-state index contributed by atoms with van der Waals surface area (Å²) in [5, 5.41) is 0. The van der Waals surface area contributed by atoms with E-state index in [9.17, 15) is 8.42 Å². The van der Waals surface area contributed by atoms with Crippen LogP contribution < -0.4 is 4.31 Å². The molecule has 1 atom stereocenters. The van der Waals surface area contributed by atoms with Gasteiger partial charge in [0, 0.05) is 12.1 Å². The van der Waals surface area contributed by atoms with Crippen LogP contribution in [0.15, 0.2) is 24.3 Å². The minimum Gasteiger partial charge on any atom is -0.295 e. The van der Waals surface area contributed by atoms with Crippen molar-refractivity contribution in [3.8, 4) is 0 Å². The van der Waals surface area contributed by atoms with Crippen LogP contribution in [-0.2, 0) is 16.4 Å². The summed E-state index contributed by atoms with van der Waals surface area (Å²) in [4.78, 5) is 2.63. The van der Waals surface area contributed by atoms with Gasteiger partial charge >= 0.3 is 0 Å². The lowest BCUT2D eigenvalue weighted by Crippen LogP contribution is -2.62. The fourth-order valence-corrected chi connectivity index (χ4v) is 5.40. The third-order valence-corrected chi connectivity index (χ3v) is 6.91. The lowest BCUT2D eigenvalue weighted by Gasteiger charge is -2.52. The van der Waals surface area contributed by atoms with Crippen molar-refractivity contribution in [2.75, 3.05) is 30.2 Å². The summed E-state index contributed by atoms with van der Waals surface area (Å²) in [5.41, 5.74) is 2.07. The number of benzene rings is 1. The highest BCUT2D eigenvalue weighted by Crippen LogP contribution is 2.43. The van der Waals surface area contributed by atoms with Crippen LogP contribution in [0.4, 0.5) is 5.69 Å². The highest BCUT2D eigenvalue weighted by Gasteiger charge is 2.46. The van der Waals surface area contributed by atoms with E-state index in [1.165, 1.54) is 37.5 Å². The van der Waals surface area contributed by atoms with Gasteiger partial charge in [0.1, 0.15) is 0 Å². The quantitative estimate of drug-likeness (QED) is 0.853. The van der Waals surface area contributed by atoms with E-state index >= 15 is 0 Å². The van der Waals surface area contributed by atoms with Crippen LogP contribution in [0.1, 0.15) is 37.7 Å². The first-order valence-electron chi connectivity index (χ1n) is 8.79. The van der Waals surface area contributed by atoms with Crippen molar-refractivity contribution in [1.29, 1.82) is 0 Å². The Bertz CT molecular complexity index is 699. The van der Waals surface area contributed by atoms with E-state index in [2.05, 4.69) is 11.0 Å². The smallest absolute Gasteiger partial charge is 0.232 e. The number of para-hydroxylation sites is 1. The molecule has 0 amide bonds. The zero-order valence-electron chi connectivity index (χ0n) is 13.9. The number of hydrogen-bond acceptors (Lipinski definition) is 3. The summed E-state index contributed by atoms with van der Waals surface area (Å²) in [6.45, 7) is 2.89. The summed E-state index contributed by atoms with van der Waals surface area (Å²) in [6.07, 6.45) is 8.59. The van der Waals surface area contributed by atoms with Gasteiger partial charge in [-0.2, -0.15) is 0 Å². The SMILES string of the molecule is CS(=O)(=O)N1CC2(CCCCN2CC2CC2)Cc2ccccc21. The molecule has 4 rings (SSSR count). The molecule has 5 heteroatoms. The predicted octanol–water partition coefficient (Wildman–Crippen LogP) is 2.64. The van der Waals surface area contributed by atoms with Gasteiger partial charge in [-0.05, 0) is 56.2 Å². The molecule has 3 aliphatic rings. The molecular weight excluding hydrogens is 308 g/mol. The number of fused-ring (bicyclic) bond motifs is 1. The molecule has 2 heterocycles. The van der Waals surface area contributed by atoms with Gasteiger partial charge in [0.2, 0.25) is 10.0 Å². The Morgan fingerprint density at radius 3 is 2.74 bits per heavy atom. The molecule has 1 aromatic rings. The molecule has 23 heavy (non-hydrogen) atoms. The van der Waals surface area contributed by atoms with Crippen molar-refractivity contribution in [1.82, 2.24) is 4.90 Å². The van der Waals surface area contributed by atoms with Crippen molar-refractivity contribution in [2.24, 2.45) is 5.92 Å². The van der Waals surface area contributed by atoms with E-state index in [-0.39, 0.29) is 5.54 Å². The number of hydrogen-bond donors (Lipinski definition) is 0. The van der Waals surface area contributed by atoms with Gasteiger partial charge in [0.05, 0.1) is 18.5 Å². The number of likely N-dealkylation sites (tertiary alicyclic amines) is 1. The van der Waals surface area contributed by atoms with Crippen LogP contribution in [0.25, 0.3) is 0 Å². The Morgan fingerprint density at radius 1 is 1.22 bits per heavy atom. The van der Waals surface area contributed by atoms with Crippen molar-refractivity contribution in [3.05, 3.63) is 29.8 Å². The Hall–Kier alpha value is -1.07. The molecular formula is C18H26N2O2S. The Morgan fingerprint density at radius 2 is 2.00 bits per heavy atom. The molecule has 1 aromatic carbocycles. The van der Waals surface area contributed by atoms with Crippen LogP contribution in [0.5, 0.6) is 0 Å². The fourth-order valence-electron chi connectivity index (χ4n) is 4.39. The number of piperidine rings is 1. The normalized spacial score (nSPS) is 28.8. The van der Waals surface area contributed by atoms with Crippen LogP contribution in [0.2, 0.25) is 0 Å². The largest absolute Gasteiger partial charge is 0.295 e. The molecule has 1 unspecified atom stereocenters. The Balaban J connectivity index is 1.74. The molecule has 1 spiro atoms. The highest BCUT2D eigenvalue weighted by atomic mass is 32.2. The first-order valence-corrected chi connectivity index (χ1v) is 10.6. The first kappa shape index (κ1) is 15.5.